The van der Waals surface area contributed by atoms with Gasteiger partial charge in [0.25, 0.3) is 0 Å². The first kappa shape index (κ1) is 13.8. The van der Waals surface area contributed by atoms with E-state index in [0.717, 1.165) is 37.2 Å². The minimum absolute atomic E-state index is 0.00150. The van der Waals surface area contributed by atoms with Gasteiger partial charge in [-0.3, -0.25) is 4.68 Å². The van der Waals surface area contributed by atoms with Crippen LogP contribution in [-0.4, -0.2) is 35.9 Å². The predicted octanol–water partition coefficient (Wildman–Crippen LogP) is 2.13. The van der Waals surface area contributed by atoms with E-state index in [1.54, 1.807) is 28.8 Å². The lowest BCUT2D eigenvalue weighted by atomic mass is 9.87. The van der Waals surface area contributed by atoms with Gasteiger partial charge in [-0.05, 0) is 31.6 Å². The monoisotopic (exact) mass is 289 g/mol. The van der Waals surface area contributed by atoms with Crippen molar-refractivity contribution in [3.05, 3.63) is 18.1 Å². The molecule has 2 aromatic rings. The van der Waals surface area contributed by atoms with Crippen LogP contribution in [0, 0.1) is 5.92 Å². The van der Waals surface area contributed by atoms with Crippen LogP contribution in [0.2, 0.25) is 0 Å². The van der Waals surface area contributed by atoms with Crippen molar-refractivity contribution in [2.24, 2.45) is 13.0 Å². The van der Waals surface area contributed by atoms with E-state index >= 15 is 0 Å². The van der Waals surface area contributed by atoms with E-state index in [2.05, 4.69) is 22.3 Å². The van der Waals surface area contributed by atoms with Gasteiger partial charge in [0.1, 0.15) is 5.69 Å². The lowest BCUT2D eigenvalue weighted by molar-refractivity contribution is 0.0691. The first-order valence-corrected chi connectivity index (χ1v) is 7.23. The van der Waals surface area contributed by atoms with E-state index in [9.17, 15) is 9.90 Å². The maximum Gasteiger partial charge on any atom is 0.358 e. The first-order chi connectivity index (χ1) is 10.1. The molecular weight excluding hydrogens is 270 g/mol. The van der Waals surface area contributed by atoms with Crippen molar-refractivity contribution in [1.29, 1.82) is 0 Å². The number of aromatic nitrogens is 5. The van der Waals surface area contributed by atoms with Crippen molar-refractivity contribution < 1.29 is 9.90 Å². The molecule has 7 nitrogen and oxygen atoms in total. The Kier molecular flexibility index (Phi) is 3.48. The fourth-order valence-corrected chi connectivity index (χ4v) is 2.99. The summed E-state index contributed by atoms with van der Waals surface area (Å²) < 4.78 is 3.44. The summed E-state index contributed by atoms with van der Waals surface area (Å²) in [7, 11) is 1.81. The molecule has 1 saturated carbocycles. The van der Waals surface area contributed by atoms with Crippen LogP contribution in [0.25, 0.3) is 11.3 Å². The summed E-state index contributed by atoms with van der Waals surface area (Å²) in [5, 5.41) is 21.5. The highest BCUT2D eigenvalue weighted by Crippen LogP contribution is 2.35. The maximum absolute atomic E-state index is 11.4. The summed E-state index contributed by atoms with van der Waals surface area (Å²) >= 11 is 0. The molecule has 2 aromatic heterocycles. The molecule has 0 aromatic carbocycles. The standard InChI is InChI=1S/C14H19N5O2/c1-9-3-5-11(6-4-9)19-13(10-7-15-18(2)8-10)12(14(20)21)16-17-19/h7-9,11H,3-6H2,1-2H3,(H,20,21). The predicted molar refractivity (Wildman–Crippen MR) is 75.9 cm³/mol. The maximum atomic E-state index is 11.4. The van der Waals surface area contributed by atoms with Crippen molar-refractivity contribution in [2.45, 2.75) is 38.6 Å². The molecule has 0 aliphatic heterocycles. The Labute approximate surface area is 122 Å². The van der Waals surface area contributed by atoms with E-state index in [1.165, 1.54) is 0 Å². The third-order valence-corrected chi connectivity index (χ3v) is 4.21. The van der Waals surface area contributed by atoms with Crippen LogP contribution in [0.5, 0.6) is 0 Å². The van der Waals surface area contributed by atoms with E-state index in [0.29, 0.717) is 5.69 Å². The normalized spacial score (nSPS) is 22.4. The number of carbonyl (C=O) groups is 1. The Morgan fingerprint density at radius 1 is 1.33 bits per heavy atom. The molecule has 1 N–H and O–H groups in total. The number of hydrogen-bond acceptors (Lipinski definition) is 4. The van der Waals surface area contributed by atoms with Crippen LogP contribution in [-0.2, 0) is 7.05 Å². The van der Waals surface area contributed by atoms with Crippen molar-refractivity contribution in [3.63, 3.8) is 0 Å². The van der Waals surface area contributed by atoms with Gasteiger partial charge in [-0.15, -0.1) is 5.10 Å². The fourth-order valence-electron chi connectivity index (χ4n) is 2.99. The summed E-state index contributed by atoms with van der Waals surface area (Å²) in [6.45, 7) is 2.25. The van der Waals surface area contributed by atoms with Crippen LogP contribution in [0.3, 0.4) is 0 Å². The van der Waals surface area contributed by atoms with Crippen LogP contribution in [0.15, 0.2) is 12.4 Å². The Morgan fingerprint density at radius 2 is 2.05 bits per heavy atom. The number of rotatable bonds is 3. The molecule has 0 atom stereocenters. The summed E-state index contributed by atoms with van der Waals surface area (Å²) in [5.41, 5.74) is 1.32. The summed E-state index contributed by atoms with van der Waals surface area (Å²) in [4.78, 5) is 11.4. The Balaban J connectivity index is 2.03. The summed E-state index contributed by atoms with van der Waals surface area (Å²) in [5.74, 6) is -0.324. The molecule has 0 spiro atoms. The van der Waals surface area contributed by atoms with Gasteiger partial charge >= 0.3 is 5.97 Å². The average molecular weight is 289 g/mol. The van der Waals surface area contributed by atoms with Gasteiger partial charge in [0.15, 0.2) is 5.69 Å². The van der Waals surface area contributed by atoms with Crippen molar-refractivity contribution >= 4 is 5.97 Å². The highest BCUT2D eigenvalue weighted by atomic mass is 16.4. The number of nitrogens with zero attached hydrogens (tertiary/aromatic N) is 5. The molecule has 0 amide bonds. The second kappa shape index (κ2) is 5.31. The lowest BCUT2D eigenvalue weighted by Gasteiger charge is -2.27. The fraction of sp³-hybridized carbons (Fsp3) is 0.571. The molecule has 3 rings (SSSR count). The highest BCUT2D eigenvalue weighted by Gasteiger charge is 2.28. The van der Waals surface area contributed by atoms with Crippen LogP contribution >= 0.6 is 0 Å². The Morgan fingerprint density at radius 3 is 2.62 bits per heavy atom. The van der Waals surface area contributed by atoms with Crippen LogP contribution in [0.1, 0.15) is 49.1 Å². The summed E-state index contributed by atoms with van der Waals surface area (Å²) in [6, 6.07) is 0.219. The van der Waals surface area contributed by atoms with Gasteiger partial charge in [-0.1, -0.05) is 12.1 Å². The second-order valence-electron chi connectivity index (χ2n) is 5.85. The zero-order valence-corrected chi connectivity index (χ0v) is 12.2. The van der Waals surface area contributed by atoms with Crippen molar-refractivity contribution in [1.82, 2.24) is 24.8 Å². The molecule has 0 radical (unpaired) electrons. The average Bonchev–Trinajstić information content (AvgIpc) is 3.05. The molecular formula is C14H19N5O2. The molecule has 112 valence electrons. The van der Waals surface area contributed by atoms with Gasteiger partial charge in [0, 0.05) is 18.8 Å². The highest BCUT2D eigenvalue weighted by molar-refractivity contribution is 5.92. The Hall–Kier alpha value is -2.18. The second-order valence-corrected chi connectivity index (χ2v) is 5.85. The van der Waals surface area contributed by atoms with E-state index < -0.39 is 5.97 Å². The molecule has 7 heteroatoms. The van der Waals surface area contributed by atoms with Gasteiger partial charge in [0.2, 0.25) is 0 Å². The molecule has 0 unspecified atom stereocenters. The largest absolute Gasteiger partial charge is 0.476 e. The summed E-state index contributed by atoms with van der Waals surface area (Å²) in [6.07, 6.45) is 7.76. The molecule has 1 aliphatic carbocycles. The minimum atomic E-state index is -1.05. The van der Waals surface area contributed by atoms with Gasteiger partial charge in [-0.2, -0.15) is 5.10 Å². The van der Waals surface area contributed by atoms with Gasteiger partial charge in [0.05, 0.1) is 12.2 Å². The first-order valence-electron chi connectivity index (χ1n) is 7.23. The van der Waals surface area contributed by atoms with Crippen molar-refractivity contribution in [2.75, 3.05) is 0 Å². The quantitative estimate of drug-likeness (QED) is 0.935. The minimum Gasteiger partial charge on any atom is -0.476 e. The van der Waals surface area contributed by atoms with Crippen molar-refractivity contribution in [3.8, 4) is 11.3 Å². The van der Waals surface area contributed by atoms with Gasteiger partial charge < -0.3 is 5.11 Å². The molecule has 2 heterocycles. The van der Waals surface area contributed by atoms with E-state index in [4.69, 9.17) is 0 Å². The van der Waals surface area contributed by atoms with E-state index in [-0.39, 0.29) is 11.7 Å². The number of carboxylic acid groups (broad SMARTS) is 1. The zero-order chi connectivity index (χ0) is 15.0. The van der Waals surface area contributed by atoms with Crippen LogP contribution < -0.4 is 0 Å². The Bertz CT molecular complexity index is 652. The number of aryl methyl sites for hydroxylation is 1. The SMILES string of the molecule is CC1CCC(n2nnc(C(=O)O)c2-c2cnn(C)c2)CC1. The third kappa shape index (κ3) is 2.55. The number of hydrogen-bond donors (Lipinski definition) is 1. The third-order valence-electron chi connectivity index (χ3n) is 4.21. The van der Waals surface area contributed by atoms with E-state index in [1.807, 2.05) is 0 Å². The topological polar surface area (TPSA) is 85.8 Å². The van der Waals surface area contributed by atoms with Gasteiger partial charge in [-0.25, -0.2) is 9.48 Å². The molecule has 21 heavy (non-hydrogen) atoms. The number of carboxylic acids is 1. The van der Waals surface area contributed by atoms with Crippen LogP contribution in [0.4, 0.5) is 0 Å². The number of aromatic carboxylic acids is 1. The molecule has 1 aliphatic rings. The zero-order valence-electron chi connectivity index (χ0n) is 12.2. The molecule has 0 saturated heterocycles. The molecule has 1 fully saturated rings. The smallest absolute Gasteiger partial charge is 0.358 e. The molecule has 0 bridgehead atoms. The lowest BCUT2D eigenvalue weighted by Crippen LogP contribution is -2.19.